The molecule has 8 heteroatoms. The number of benzene rings is 1. The van der Waals surface area contributed by atoms with Crippen molar-refractivity contribution in [3.8, 4) is 16.3 Å². The van der Waals surface area contributed by atoms with Crippen molar-refractivity contribution in [3.63, 3.8) is 0 Å². The molecule has 0 bridgehead atoms. The molecule has 0 saturated heterocycles. The molecule has 29 heavy (non-hydrogen) atoms. The second-order valence-corrected chi connectivity index (χ2v) is 7.87. The van der Waals surface area contributed by atoms with Gasteiger partial charge in [-0.05, 0) is 37.1 Å². The summed E-state index contributed by atoms with van der Waals surface area (Å²) in [4.78, 5) is 5.75. The Labute approximate surface area is 174 Å². The van der Waals surface area contributed by atoms with Crippen molar-refractivity contribution in [1.82, 2.24) is 24.5 Å². The van der Waals surface area contributed by atoms with E-state index in [4.69, 9.17) is 9.84 Å². The minimum absolute atomic E-state index is 0.705. The summed E-state index contributed by atoms with van der Waals surface area (Å²) in [5.74, 6) is 0.878. The van der Waals surface area contributed by atoms with E-state index in [1.54, 1.807) is 23.1 Å². The van der Waals surface area contributed by atoms with E-state index in [2.05, 4.69) is 33.6 Å². The molecule has 1 N–H and O–H groups in total. The number of hydrogen-bond donors (Lipinski definition) is 1. The van der Waals surface area contributed by atoms with Crippen molar-refractivity contribution >= 4 is 16.5 Å². The summed E-state index contributed by atoms with van der Waals surface area (Å²) in [6.07, 6.45) is 6.81. The van der Waals surface area contributed by atoms with E-state index in [0.717, 1.165) is 45.7 Å². The second-order valence-electron chi connectivity index (χ2n) is 6.87. The molecule has 150 valence electrons. The standard InChI is InChI=1S/C21H24N6OS/c1-15-20(29-21(24-15)22-12-17-13-23-26(2)14-17)19-9-11-27(25-19)10-8-16-4-6-18(28-3)7-5-16/h4-7,9,11,13-14H,8,10,12H2,1-3H3,(H,22,24). The summed E-state index contributed by atoms with van der Waals surface area (Å²) in [6, 6.07) is 10.2. The number of anilines is 1. The first-order valence-electron chi connectivity index (χ1n) is 9.46. The average Bonchev–Trinajstić information content (AvgIpc) is 3.45. The normalized spacial score (nSPS) is 11.0. The summed E-state index contributed by atoms with van der Waals surface area (Å²) >= 11 is 1.63. The van der Waals surface area contributed by atoms with Gasteiger partial charge < -0.3 is 10.1 Å². The van der Waals surface area contributed by atoms with E-state index in [9.17, 15) is 0 Å². The lowest BCUT2D eigenvalue weighted by Gasteiger charge is -2.04. The van der Waals surface area contributed by atoms with Crippen LogP contribution >= 0.6 is 11.3 Å². The fraction of sp³-hybridized carbons (Fsp3) is 0.286. The van der Waals surface area contributed by atoms with Crippen molar-refractivity contribution in [1.29, 1.82) is 0 Å². The molecule has 7 nitrogen and oxygen atoms in total. The molecular formula is C21H24N6OS. The van der Waals surface area contributed by atoms with Crippen LogP contribution in [0.3, 0.4) is 0 Å². The maximum atomic E-state index is 5.21. The molecule has 0 aliphatic rings. The average molecular weight is 409 g/mol. The van der Waals surface area contributed by atoms with E-state index in [1.807, 2.05) is 49.4 Å². The predicted molar refractivity (Wildman–Crippen MR) is 115 cm³/mol. The molecule has 4 rings (SSSR count). The third kappa shape index (κ3) is 4.65. The number of methoxy groups -OCH3 is 1. The van der Waals surface area contributed by atoms with Gasteiger partial charge >= 0.3 is 0 Å². The molecule has 0 atom stereocenters. The van der Waals surface area contributed by atoms with E-state index in [-0.39, 0.29) is 0 Å². The molecule has 0 fully saturated rings. The number of nitrogens with one attached hydrogen (secondary N) is 1. The van der Waals surface area contributed by atoms with Gasteiger partial charge in [-0.1, -0.05) is 23.5 Å². The van der Waals surface area contributed by atoms with Crippen LogP contribution < -0.4 is 10.1 Å². The van der Waals surface area contributed by atoms with Crippen molar-refractivity contribution in [3.05, 3.63) is 65.7 Å². The highest BCUT2D eigenvalue weighted by molar-refractivity contribution is 7.19. The Bertz CT molecular complexity index is 1080. The van der Waals surface area contributed by atoms with Crippen LogP contribution in [-0.2, 0) is 26.6 Å². The smallest absolute Gasteiger partial charge is 0.183 e. The molecule has 0 amide bonds. The number of nitrogens with zero attached hydrogens (tertiary/aromatic N) is 5. The first kappa shape index (κ1) is 19.2. The number of aryl methyl sites for hydroxylation is 4. The second kappa shape index (κ2) is 8.48. The van der Waals surface area contributed by atoms with E-state index in [1.165, 1.54) is 5.56 Å². The summed E-state index contributed by atoms with van der Waals surface area (Å²) in [5, 5.41) is 13.2. The highest BCUT2D eigenvalue weighted by Crippen LogP contribution is 2.31. The summed E-state index contributed by atoms with van der Waals surface area (Å²) in [6.45, 7) is 3.56. The highest BCUT2D eigenvalue weighted by atomic mass is 32.1. The van der Waals surface area contributed by atoms with Crippen LogP contribution in [0, 0.1) is 6.92 Å². The molecule has 0 saturated carbocycles. The van der Waals surface area contributed by atoms with Gasteiger partial charge in [0.25, 0.3) is 0 Å². The van der Waals surface area contributed by atoms with Gasteiger partial charge in [-0.3, -0.25) is 9.36 Å². The van der Waals surface area contributed by atoms with Gasteiger partial charge in [-0.2, -0.15) is 10.2 Å². The van der Waals surface area contributed by atoms with Crippen LogP contribution in [0.5, 0.6) is 5.75 Å². The number of thiazole rings is 1. The monoisotopic (exact) mass is 408 g/mol. The van der Waals surface area contributed by atoms with Gasteiger partial charge in [0.15, 0.2) is 5.13 Å². The zero-order valence-corrected chi connectivity index (χ0v) is 17.6. The number of ether oxygens (including phenoxy) is 1. The Morgan fingerprint density at radius 2 is 1.97 bits per heavy atom. The Balaban J connectivity index is 1.38. The molecule has 0 unspecified atom stereocenters. The minimum atomic E-state index is 0.705. The van der Waals surface area contributed by atoms with Crippen molar-refractivity contribution in [2.75, 3.05) is 12.4 Å². The van der Waals surface area contributed by atoms with Crippen LogP contribution in [-0.4, -0.2) is 31.7 Å². The molecule has 0 aliphatic carbocycles. The molecule has 0 spiro atoms. The van der Waals surface area contributed by atoms with Crippen molar-refractivity contribution < 1.29 is 4.74 Å². The SMILES string of the molecule is COc1ccc(CCn2ccc(-c3sc(NCc4cnn(C)c4)nc3C)n2)cc1. The van der Waals surface area contributed by atoms with Crippen molar-refractivity contribution in [2.24, 2.45) is 7.05 Å². The van der Waals surface area contributed by atoms with E-state index >= 15 is 0 Å². The summed E-state index contributed by atoms with van der Waals surface area (Å²) in [7, 11) is 3.60. The maximum absolute atomic E-state index is 5.21. The molecule has 3 heterocycles. The topological polar surface area (TPSA) is 69.8 Å². The molecule has 3 aromatic heterocycles. The fourth-order valence-electron chi connectivity index (χ4n) is 3.09. The third-order valence-corrected chi connectivity index (χ3v) is 5.80. The Kier molecular flexibility index (Phi) is 5.62. The molecular weight excluding hydrogens is 384 g/mol. The maximum Gasteiger partial charge on any atom is 0.183 e. The van der Waals surface area contributed by atoms with Gasteiger partial charge in [0, 0.05) is 38.1 Å². The van der Waals surface area contributed by atoms with E-state index in [0.29, 0.717) is 6.54 Å². The van der Waals surface area contributed by atoms with E-state index < -0.39 is 0 Å². The van der Waals surface area contributed by atoms with Crippen LogP contribution in [0.15, 0.2) is 48.9 Å². The highest BCUT2D eigenvalue weighted by Gasteiger charge is 2.12. The Morgan fingerprint density at radius 3 is 2.69 bits per heavy atom. The lowest BCUT2D eigenvalue weighted by molar-refractivity contribution is 0.414. The van der Waals surface area contributed by atoms with Crippen LogP contribution in [0.4, 0.5) is 5.13 Å². The Morgan fingerprint density at radius 1 is 1.14 bits per heavy atom. The van der Waals surface area contributed by atoms with Crippen LogP contribution in [0.2, 0.25) is 0 Å². The lowest BCUT2D eigenvalue weighted by atomic mass is 10.1. The first-order valence-corrected chi connectivity index (χ1v) is 10.3. The lowest BCUT2D eigenvalue weighted by Crippen LogP contribution is -2.02. The van der Waals surface area contributed by atoms with Gasteiger partial charge in [0.2, 0.25) is 0 Å². The molecule has 4 aromatic rings. The summed E-state index contributed by atoms with van der Waals surface area (Å²) in [5.41, 5.74) is 4.34. The zero-order valence-electron chi connectivity index (χ0n) is 16.8. The van der Waals surface area contributed by atoms with Crippen LogP contribution in [0.25, 0.3) is 10.6 Å². The first-order chi connectivity index (χ1) is 14.1. The van der Waals surface area contributed by atoms with Gasteiger partial charge in [-0.15, -0.1) is 0 Å². The third-order valence-electron chi connectivity index (χ3n) is 4.66. The molecule has 0 aliphatic heterocycles. The molecule has 1 aromatic carbocycles. The number of rotatable bonds is 8. The number of hydrogen-bond acceptors (Lipinski definition) is 6. The van der Waals surface area contributed by atoms with Gasteiger partial charge in [0.05, 0.1) is 23.9 Å². The quantitative estimate of drug-likeness (QED) is 0.479. The minimum Gasteiger partial charge on any atom is -0.497 e. The predicted octanol–water partition coefficient (Wildman–Crippen LogP) is 3.91. The number of aromatic nitrogens is 5. The summed E-state index contributed by atoms with van der Waals surface area (Å²) < 4.78 is 9.00. The van der Waals surface area contributed by atoms with Gasteiger partial charge in [-0.25, -0.2) is 4.98 Å². The van der Waals surface area contributed by atoms with Crippen LogP contribution in [0.1, 0.15) is 16.8 Å². The van der Waals surface area contributed by atoms with Gasteiger partial charge in [0.1, 0.15) is 11.4 Å². The zero-order chi connectivity index (χ0) is 20.2. The Hall–Kier alpha value is -3.13. The fourth-order valence-corrected chi connectivity index (χ4v) is 4.02. The van der Waals surface area contributed by atoms with Crippen molar-refractivity contribution in [2.45, 2.75) is 26.4 Å². The molecule has 0 radical (unpaired) electrons. The largest absolute Gasteiger partial charge is 0.497 e.